The average Bonchev–Trinajstić information content (AvgIpc) is 3.45. The summed E-state index contributed by atoms with van der Waals surface area (Å²) in [7, 11) is 0. The van der Waals surface area contributed by atoms with Gasteiger partial charge in [-0.1, -0.05) is 66.7 Å². The Hall–Kier alpha value is -7.16. The van der Waals surface area contributed by atoms with Crippen LogP contribution in [-0.4, -0.2) is 9.97 Å². The van der Waals surface area contributed by atoms with Crippen LogP contribution in [0, 0.1) is 22.7 Å². The summed E-state index contributed by atoms with van der Waals surface area (Å²) in [6.07, 6.45) is 0. The number of rotatable bonds is 2. The molecule has 1 aliphatic carbocycles. The van der Waals surface area contributed by atoms with Crippen LogP contribution in [0.4, 0.5) is 34.1 Å². The van der Waals surface area contributed by atoms with Crippen LogP contribution in [0.25, 0.3) is 33.3 Å². The molecule has 0 bridgehead atoms. The number of aromatic nitrogens is 2. The van der Waals surface area contributed by atoms with Crippen LogP contribution in [0.1, 0.15) is 11.4 Å². The topological polar surface area (TPSA) is 98.3 Å². The van der Waals surface area contributed by atoms with Gasteiger partial charge in [-0.25, -0.2) is 9.97 Å². The summed E-state index contributed by atoms with van der Waals surface area (Å²) in [5, 5.41) is 21.7. The molecule has 0 saturated carbocycles. The fourth-order valence-electron chi connectivity index (χ4n) is 7.12. The number of para-hydroxylation sites is 8. The van der Waals surface area contributed by atoms with Gasteiger partial charge in [-0.05, 0) is 54.6 Å². The van der Waals surface area contributed by atoms with Crippen molar-refractivity contribution in [2.24, 2.45) is 0 Å². The summed E-state index contributed by atoms with van der Waals surface area (Å²) in [4.78, 5) is 13.9. The fourth-order valence-corrected chi connectivity index (χ4v) is 7.12. The van der Waals surface area contributed by atoms with Crippen LogP contribution in [0.3, 0.4) is 0 Å². The van der Waals surface area contributed by atoms with Gasteiger partial charge in [0.15, 0.2) is 34.4 Å². The van der Waals surface area contributed by atoms with Gasteiger partial charge in [-0.3, -0.25) is 0 Å². The Labute approximate surface area is 274 Å². The molecule has 6 aromatic carbocycles. The highest BCUT2D eigenvalue weighted by Crippen LogP contribution is 2.61. The zero-order valence-electron chi connectivity index (χ0n) is 25.0. The van der Waals surface area contributed by atoms with Crippen molar-refractivity contribution in [1.29, 1.82) is 10.5 Å². The second kappa shape index (κ2) is 9.67. The van der Waals surface area contributed by atoms with Gasteiger partial charge >= 0.3 is 0 Å². The van der Waals surface area contributed by atoms with Crippen LogP contribution in [0.15, 0.2) is 121 Å². The van der Waals surface area contributed by atoms with Gasteiger partial charge < -0.3 is 19.3 Å². The number of ether oxygens (including phenoxy) is 2. The number of nitrogens with zero attached hydrogens (tertiary/aromatic N) is 6. The Morgan fingerprint density at radius 1 is 0.479 bits per heavy atom. The first-order chi connectivity index (χ1) is 23.7. The lowest BCUT2D eigenvalue weighted by molar-refractivity contribution is 0.476. The van der Waals surface area contributed by atoms with E-state index in [-0.39, 0.29) is 11.4 Å². The summed E-state index contributed by atoms with van der Waals surface area (Å²) >= 11 is 0. The Morgan fingerprint density at radius 3 is 1.44 bits per heavy atom. The number of nitriles is 2. The molecule has 0 saturated heterocycles. The predicted molar refractivity (Wildman–Crippen MR) is 183 cm³/mol. The fraction of sp³-hybridized carbons (Fsp3) is 0. The van der Waals surface area contributed by atoms with Crippen molar-refractivity contribution >= 4 is 44.9 Å². The van der Waals surface area contributed by atoms with E-state index in [0.29, 0.717) is 11.4 Å². The van der Waals surface area contributed by atoms with E-state index >= 15 is 0 Å². The molecule has 0 radical (unpaired) electrons. The zero-order chi connectivity index (χ0) is 31.9. The normalized spacial score (nSPS) is 12.8. The third-order valence-corrected chi connectivity index (χ3v) is 9.06. The molecule has 48 heavy (non-hydrogen) atoms. The maximum Gasteiger partial charge on any atom is 0.177 e. The molecule has 0 atom stereocenters. The van der Waals surface area contributed by atoms with Gasteiger partial charge in [0.05, 0.1) is 45.5 Å². The van der Waals surface area contributed by atoms with Crippen LogP contribution >= 0.6 is 0 Å². The van der Waals surface area contributed by atoms with Gasteiger partial charge in [0.2, 0.25) is 0 Å². The van der Waals surface area contributed by atoms with Crippen LogP contribution in [0.2, 0.25) is 0 Å². The molecule has 0 amide bonds. The van der Waals surface area contributed by atoms with Crippen molar-refractivity contribution in [2.45, 2.75) is 0 Å². The van der Waals surface area contributed by atoms with E-state index in [1.807, 2.05) is 84.9 Å². The standard InChI is InChI=1S/C40H20N6O2/c41-21-26-27(22-42)44-39-25-20-32(45-28-12-1-5-16-33(28)47-34-17-6-2-13-29(34)45)40(24-11-9-10-23(37(24)25)38(39)43-26)46-30-14-3-7-18-35(30)48-36-19-8-4-15-31(36)46/h1-20H. The van der Waals surface area contributed by atoms with Crippen molar-refractivity contribution in [3.63, 3.8) is 0 Å². The summed E-state index contributed by atoms with van der Waals surface area (Å²) < 4.78 is 12.9. The summed E-state index contributed by atoms with van der Waals surface area (Å²) in [5.74, 6) is 2.91. The molecule has 222 valence electrons. The average molecular weight is 617 g/mol. The highest BCUT2D eigenvalue weighted by Gasteiger charge is 2.37. The number of benzene rings is 6. The SMILES string of the molecule is N#Cc1nc2c(nc1C#N)-c1cc(N3c4ccccc4Oc4ccccc43)c(N3c4ccccc4Oc4ccccc43)c3cccc-2c13. The molecule has 7 aromatic rings. The molecule has 0 unspecified atom stereocenters. The molecule has 3 heterocycles. The van der Waals surface area contributed by atoms with Crippen LogP contribution < -0.4 is 19.3 Å². The molecule has 10 rings (SSSR count). The van der Waals surface area contributed by atoms with E-state index in [1.54, 1.807) is 0 Å². The lowest BCUT2D eigenvalue weighted by atomic mass is 9.97. The number of hydrogen-bond acceptors (Lipinski definition) is 8. The summed E-state index contributed by atoms with van der Waals surface area (Å²) in [5.41, 5.74) is 8.15. The highest BCUT2D eigenvalue weighted by atomic mass is 16.5. The summed E-state index contributed by atoms with van der Waals surface area (Å²) in [6, 6.07) is 44.5. The minimum Gasteiger partial charge on any atom is -0.453 e. The molecule has 8 heteroatoms. The molecule has 3 aliphatic rings. The Morgan fingerprint density at radius 2 is 0.938 bits per heavy atom. The van der Waals surface area contributed by atoms with E-state index in [2.05, 4.69) is 58.3 Å². The van der Waals surface area contributed by atoms with Crippen LogP contribution in [0.5, 0.6) is 23.0 Å². The van der Waals surface area contributed by atoms with E-state index in [9.17, 15) is 10.5 Å². The Bertz CT molecular complexity index is 2550. The van der Waals surface area contributed by atoms with Crippen molar-refractivity contribution in [3.8, 4) is 57.7 Å². The van der Waals surface area contributed by atoms with E-state index < -0.39 is 0 Å². The van der Waals surface area contributed by atoms with Crippen molar-refractivity contribution in [3.05, 3.63) is 133 Å². The Balaban J connectivity index is 1.38. The lowest BCUT2D eigenvalue weighted by Gasteiger charge is -2.39. The van der Waals surface area contributed by atoms with Crippen molar-refractivity contribution in [2.75, 3.05) is 9.80 Å². The first-order valence-corrected chi connectivity index (χ1v) is 15.4. The summed E-state index contributed by atoms with van der Waals surface area (Å²) in [6.45, 7) is 0. The second-order valence-corrected chi connectivity index (χ2v) is 11.6. The lowest BCUT2D eigenvalue weighted by Crippen LogP contribution is -2.21. The molecule has 0 spiro atoms. The Kier molecular flexibility index (Phi) is 5.26. The molecule has 0 fully saturated rings. The molecule has 8 nitrogen and oxygen atoms in total. The highest BCUT2D eigenvalue weighted by molar-refractivity contribution is 6.22. The smallest absolute Gasteiger partial charge is 0.177 e. The van der Waals surface area contributed by atoms with Gasteiger partial charge in [-0.15, -0.1) is 0 Å². The predicted octanol–water partition coefficient (Wildman–Crippen LogP) is 10.2. The maximum absolute atomic E-state index is 9.92. The minimum atomic E-state index is 0.000861. The van der Waals surface area contributed by atoms with Gasteiger partial charge in [-0.2, -0.15) is 10.5 Å². The molecular formula is C40H20N6O2. The quantitative estimate of drug-likeness (QED) is 0.189. The first-order valence-electron chi connectivity index (χ1n) is 15.4. The molecule has 2 aliphatic heterocycles. The van der Waals surface area contributed by atoms with E-state index in [0.717, 1.165) is 79.0 Å². The third kappa shape index (κ3) is 3.46. The molecule has 0 N–H and O–H groups in total. The van der Waals surface area contributed by atoms with Crippen LogP contribution in [-0.2, 0) is 0 Å². The monoisotopic (exact) mass is 616 g/mol. The van der Waals surface area contributed by atoms with E-state index in [4.69, 9.17) is 19.4 Å². The first kappa shape index (κ1) is 26.1. The number of hydrogen-bond donors (Lipinski definition) is 0. The van der Waals surface area contributed by atoms with Crippen molar-refractivity contribution < 1.29 is 9.47 Å². The number of fused-ring (bicyclic) bond motifs is 7. The minimum absolute atomic E-state index is 0.000861. The van der Waals surface area contributed by atoms with Crippen molar-refractivity contribution in [1.82, 2.24) is 9.97 Å². The van der Waals surface area contributed by atoms with Gasteiger partial charge in [0.1, 0.15) is 12.1 Å². The molecular weight excluding hydrogens is 596 g/mol. The maximum atomic E-state index is 9.92. The van der Waals surface area contributed by atoms with Gasteiger partial charge in [0.25, 0.3) is 0 Å². The van der Waals surface area contributed by atoms with E-state index in [1.165, 1.54) is 0 Å². The largest absolute Gasteiger partial charge is 0.453 e. The molecule has 1 aromatic heterocycles. The number of anilines is 6. The second-order valence-electron chi connectivity index (χ2n) is 11.6. The zero-order valence-corrected chi connectivity index (χ0v) is 25.0. The van der Waals surface area contributed by atoms with Gasteiger partial charge in [0, 0.05) is 21.9 Å². The third-order valence-electron chi connectivity index (χ3n) is 9.06.